The molecule has 0 aliphatic rings. The Bertz CT molecular complexity index is 333. The summed E-state index contributed by atoms with van der Waals surface area (Å²) in [6.07, 6.45) is 2.51. The number of hydrogen-bond donors (Lipinski definition) is 0. The van der Waals surface area contributed by atoms with E-state index in [2.05, 4.69) is 6.92 Å². The van der Waals surface area contributed by atoms with Gasteiger partial charge in [-0.15, -0.1) is 0 Å². The van der Waals surface area contributed by atoms with Crippen LogP contribution in [0.1, 0.15) is 43.5 Å². The lowest BCUT2D eigenvalue weighted by Gasteiger charge is -2.09. The number of Topliss-reactive ketones (excluding diaryl/α,β-unsaturated/α-hetero) is 1. The molecule has 0 amide bonds. The van der Waals surface area contributed by atoms with Crippen molar-refractivity contribution in [2.75, 3.05) is 0 Å². The van der Waals surface area contributed by atoms with E-state index in [0.717, 1.165) is 12.8 Å². The zero-order valence-electron chi connectivity index (χ0n) is 9.29. The average molecular weight is 208 g/mol. The van der Waals surface area contributed by atoms with E-state index >= 15 is 0 Å². The number of carbonyl (C=O) groups is 1. The third kappa shape index (κ3) is 3.46. The number of carbonyl (C=O) groups excluding carboxylic acids is 1. The summed E-state index contributed by atoms with van der Waals surface area (Å²) in [5, 5.41) is 0. The molecule has 0 aromatic heterocycles. The van der Waals surface area contributed by atoms with Crippen molar-refractivity contribution in [2.45, 2.75) is 33.1 Å². The van der Waals surface area contributed by atoms with Gasteiger partial charge in [-0.25, -0.2) is 4.39 Å². The topological polar surface area (TPSA) is 17.1 Å². The highest BCUT2D eigenvalue weighted by Gasteiger charge is 2.13. The second kappa shape index (κ2) is 5.64. The summed E-state index contributed by atoms with van der Waals surface area (Å²) < 4.78 is 13.3. The van der Waals surface area contributed by atoms with E-state index in [1.54, 1.807) is 18.2 Å². The summed E-state index contributed by atoms with van der Waals surface area (Å²) in [5.74, 6) is -0.164. The van der Waals surface area contributed by atoms with Crippen molar-refractivity contribution in [1.29, 1.82) is 0 Å². The van der Waals surface area contributed by atoms with Crippen LogP contribution in [0, 0.1) is 11.7 Å². The summed E-state index contributed by atoms with van der Waals surface area (Å²) in [6.45, 7) is 4.12. The molecule has 1 rings (SSSR count). The lowest BCUT2D eigenvalue weighted by molar-refractivity contribution is 0.0958. The number of halogens is 1. The molecule has 1 nitrogen and oxygen atoms in total. The Kier molecular flexibility index (Phi) is 4.47. The minimum absolute atomic E-state index is 0.0888. The Labute approximate surface area is 90.3 Å². The molecule has 0 aliphatic heterocycles. The van der Waals surface area contributed by atoms with E-state index in [4.69, 9.17) is 0 Å². The van der Waals surface area contributed by atoms with Crippen molar-refractivity contribution < 1.29 is 9.18 Å². The SMILES string of the molecule is CCCC(C)CC(=O)c1ccccc1F. The van der Waals surface area contributed by atoms with E-state index in [0.29, 0.717) is 12.3 Å². The van der Waals surface area contributed by atoms with Gasteiger partial charge in [0, 0.05) is 6.42 Å². The molecular weight excluding hydrogens is 191 g/mol. The summed E-state index contributed by atoms with van der Waals surface area (Å²) in [6, 6.07) is 6.18. The molecule has 0 saturated heterocycles. The summed E-state index contributed by atoms with van der Waals surface area (Å²) >= 11 is 0. The quantitative estimate of drug-likeness (QED) is 0.672. The second-order valence-corrected chi connectivity index (χ2v) is 4.00. The first-order valence-corrected chi connectivity index (χ1v) is 5.42. The van der Waals surface area contributed by atoms with Gasteiger partial charge in [0.1, 0.15) is 5.82 Å². The van der Waals surface area contributed by atoms with E-state index in [1.165, 1.54) is 6.07 Å². The van der Waals surface area contributed by atoms with Gasteiger partial charge in [0.15, 0.2) is 5.78 Å². The second-order valence-electron chi connectivity index (χ2n) is 4.00. The molecule has 0 spiro atoms. The minimum atomic E-state index is -0.411. The molecule has 0 aliphatic carbocycles. The number of ketones is 1. The van der Waals surface area contributed by atoms with Crippen LogP contribution in [-0.2, 0) is 0 Å². The van der Waals surface area contributed by atoms with Crippen LogP contribution in [0.2, 0.25) is 0 Å². The van der Waals surface area contributed by atoms with Gasteiger partial charge in [-0.3, -0.25) is 4.79 Å². The standard InChI is InChI=1S/C13H17FO/c1-3-6-10(2)9-13(15)11-7-4-5-8-12(11)14/h4-5,7-8,10H,3,6,9H2,1-2H3. The van der Waals surface area contributed by atoms with E-state index in [-0.39, 0.29) is 11.3 Å². The Hall–Kier alpha value is -1.18. The molecule has 2 heteroatoms. The van der Waals surface area contributed by atoms with Crippen molar-refractivity contribution in [3.8, 4) is 0 Å². The molecule has 0 bridgehead atoms. The van der Waals surface area contributed by atoms with E-state index < -0.39 is 5.82 Å². The maximum absolute atomic E-state index is 13.3. The highest BCUT2D eigenvalue weighted by Crippen LogP contribution is 2.16. The van der Waals surface area contributed by atoms with Gasteiger partial charge in [0.2, 0.25) is 0 Å². The highest BCUT2D eigenvalue weighted by atomic mass is 19.1. The normalized spacial score (nSPS) is 12.5. The van der Waals surface area contributed by atoms with Crippen molar-refractivity contribution in [1.82, 2.24) is 0 Å². The Morgan fingerprint density at radius 3 is 2.67 bits per heavy atom. The van der Waals surface area contributed by atoms with Crippen molar-refractivity contribution in [3.63, 3.8) is 0 Å². The fourth-order valence-electron chi connectivity index (χ4n) is 1.71. The maximum atomic E-state index is 13.3. The molecule has 0 radical (unpaired) electrons. The van der Waals surface area contributed by atoms with Gasteiger partial charge in [-0.2, -0.15) is 0 Å². The van der Waals surface area contributed by atoms with E-state index in [1.807, 2.05) is 6.92 Å². The first-order chi connectivity index (χ1) is 7.15. The monoisotopic (exact) mass is 208 g/mol. The largest absolute Gasteiger partial charge is 0.294 e. The lowest BCUT2D eigenvalue weighted by Crippen LogP contribution is -2.07. The zero-order valence-corrected chi connectivity index (χ0v) is 9.29. The van der Waals surface area contributed by atoms with Gasteiger partial charge in [-0.05, 0) is 18.1 Å². The average Bonchev–Trinajstić information content (AvgIpc) is 2.18. The van der Waals surface area contributed by atoms with Crippen LogP contribution in [0.15, 0.2) is 24.3 Å². The third-order valence-corrected chi connectivity index (χ3v) is 2.49. The van der Waals surface area contributed by atoms with Gasteiger partial charge in [0.25, 0.3) is 0 Å². The number of rotatable bonds is 5. The number of benzene rings is 1. The fourth-order valence-corrected chi connectivity index (χ4v) is 1.71. The Morgan fingerprint density at radius 2 is 2.07 bits per heavy atom. The van der Waals surface area contributed by atoms with Gasteiger partial charge < -0.3 is 0 Å². The first-order valence-electron chi connectivity index (χ1n) is 5.42. The van der Waals surface area contributed by atoms with Crippen LogP contribution >= 0.6 is 0 Å². The predicted molar refractivity (Wildman–Crippen MR) is 59.4 cm³/mol. The predicted octanol–water partition coefficient (Wildman–Crippen LogP) is 3.83. The molecule has 1 atom stereocenters. The minimum Gasteiger partial charge on any atom is -0.294 e. The molecule has 1 aromatic rings. The van der Waals surface area contributed by atoms with Crippen molar-refractivity contribution >= 4 is 5.78 Å². The van der Waals surface area contributed by atoms with Crippen LogP contribution in [0.4, 0.5) is 4.39 Å². The van der Waals surface area contributed by atoms with Crippen LogP contribution < -0.4 is 0 Å². The van der Waals surface area contributed by atoms with Crippen LogP contribution in [0.5, 0.6) is 0 Å². The summed E-state index contributed by atoms with van der Waals surface area (Å²) in [4.78, 5) is 11.7. The van der Waals surface area contributed by atoms with Crippen LogP contribution in [-0.4, -0.2) is 5.78 Å². The fraction of sp³-hybridized carbons (Fsp3) is 0.462. The molecule has 1 aromatic carbocycles. The summed E-state index contributed by atoms with van der Waals surface area (Å²) in [7, 11) is 0. The molecule has 0 saturated carbocycles. The molecule has 0 heterocycles. The van der Waals surface area contributed by atoms with Gasteiger partial charge in [-0.1, -0.05) is 38.8 Å². The lowest BCUT2D eigenvalue weighted by atomic mass is 9.96. The molecule has 15 heavy (non-hydrogen) atoms. The maximum Gasteiger partial charge on any atom is 0.166 e. The van der Waals surface area contributed by atoms with Crippen LogP contribution in [0.25, 0.3) is 0 Å². The molecule has 1 unspecified atom stereocenters. The smallest absolute Gasteiger partial charge is 0.166 e. The van der Waals surface area contributed by atoms with Crippen LogP contribution in [0.3, 0.4) is 0 Å². The molecule has 0 fully saturated rings. The Balaban J connectivity index is 2.65. The number of hydrogen-bond acceptors (Lipinski definition) is 1. The first kappa shape index (κ1) is 11.9. The van der Waals surface area contributed by atoms with Gasteiger partial charge >= 0.3 is 0 Å². The van der Waals surface area contributed by atoms with E-state index in [9.17, 15) is 9.18 Å². The van der Waals surface area contributed by atoms with Crippen molar-refractivity contribution in [2.24, 2.45) is 5.92 Å². The third-order valence-electron chi connectivity index (χ3n) is 2.49. The molecule has 0 N–H and O–H groups in total. The highest BCUT2D eigenvalue weighted by molar-refractivity contribution is 5.96. The Morgan fingerprint density at radius 1 is 1.40 bits per heavy atom. The van der Waals surface area contributed by atoms with Crippen molar-refractivity contribution in [3.05, 3.63) is 35.6 Å². The van der Waals surface area contributed by atoms with Gasteiger partial charge in [0.05, 0.1) is 5.56 Å². The molecular formula is C13H17FO. The summed E-state index contributed by atoms with van der Waals surface area (Å²) in [5.41, 5.74) is 0.223. The molecule has 82 valence electrons. The zero-order chi connectivity index (χ0) is 11.3.